The van der Waals surface area contributed by atoms with E-state index in [9.17, 15) is 9.59 Å². The largest absolute Gasteiger partial charge is 0.496 e. The third-order valence-electron chi connectivity index (χ3n) is 13.1. The van der Waals surface area contributed by atoms with E-state index in [1.54, 1.807) is 23.1 Å². The zero-order chi connectivity index (χ0) is 47.5. The third kappa shape index (κ3) is 10.7. The summed E-state index contributed by atoms with van der Waals surface area (Å²) in [6.45, 7) is 19.5. The Balaban J connectivity index is 1.07. The van der Waals surface area contributed by atoms with Crippen molar-refractivity contribution in [3.63, 3.8) is 0 Å². The SMILES string of the molecule is COc1ccc([C@@H](C)NC(=O)c2cc(N3CCN(C)CC3)ccc2C)cc1-c1ncc(-c2cc(N3CCN(C)CC3)cc(C(=O)N[C@H](C)c3ccc(OC(C)C)c(-c4cnn(C)c4)c3)c2C)s1. The van der Waals surface area contributed by atoms with Crippen LogP contribution in [0.1, 0.15) is 82.7 Å². The van der Waals surface area contributed by atoms with E-state index in [0.29, 0.717) is 16.9 Å². The van der Waals surface area contributed by atoms with Crippen LogP contribution in [0.5, 0.6) is 11.5 Å². The predicted molar refractivity (Wildman–Crippen MR) is 271 cm³/mol. The van der Waals surface area contributed by atoms with E-state index in [0.717, 1.165) is 124 Å². The summed E-state index contributed by atoms with van der Waals surface area (Å²) in [6.07, 6.45) is 5.70. The van der Waals surface area contributed by atoms with Gasteiger partial charge in [-0.15, -0.1) is 11.3 Å². The number of hydrogen-bond acceptors (Lipinski definition) is 11. The maximum Gasteiger partial charge on any atom is 0.252 e. The second kappa shape index (κ2) is 20.3. The molecule has 2 fully saturated rings. The lowest BCUT2D eigenvalue weighted by atomic mass is 9.97. The van der Waals surface area contributed by atoms with Gasteiger partial charge in [-0.05, 0) is 132 Å². The Morgan fingerprint density at radius 1 is 0.657 bits per heavy atom. The molecule has 2 aromatic heterocycles. The van der Waals surface area contributed by atoms with E-state index in [-0.39, 0.29) is 30.0 Å². The summed E-state index contributed by atoms with van der Waals surface area (Å²) in [7, 11) is 7.85. The second-order valence-corrected chi connectivity index (χ2v) is 19.5. The minimum absolute atomic E-state index is 0.000759. The highest BCUT2D eigenvalue weighted by Gasteiger charge is 2.25. The molecule has 4 heterocycles. The molecule has 0 saturated carbocycles. The van der Waals surface area contributed by atoms with Gasteiger partial charge in [-0.1, -0.05) is 18.2 Å². The molecule has 14 heteroatoms. The van der Waals surface area contributed by atoms with Crippen LogP contribution in [-0.4, -0.2) is 116 Å². The normalized spacial score (nSPS) is 15.7. The zero-order valence-corrected chi connectivity index (χ0v) is 41.5. The number of methoxy groups -OCH3 is 1. The first kappa shape index (κ1) is 47.3. The number of anilines is 2. The van der Waals surface area contributed by atoms with Crippen LogP contribution in [0.25, 0.3) is 32.1 Å². The molecule has 8 rings (SSSR count). The lowest BCUT2D eigenvalue weighted by Crippen LogP contribution is -2.44. The van der Waals surface area contributed by atoms with E-state index < -0.39 is 0 Å². The molecule has 2 atom stereocenters. The summed E-state index contributed by atoms with van der Waals surface area (Å²) >= 11 is 1.56. The van der Waals surface area contributed by atoms with Crippen molar-refractivity contribution in [1.29, 1.82) is 0 Å². The number of hydrogen-bond donors (Lipinski definition) is 2. The van der Waals surface area contributed by atoms with Crippen LogP contribution < -0.4 is 29.9 Å². The monoisotopic (exact) mass is 923 g/mol. The van der Waals surface area contributed by atoms with Crippen LogP contribution in [-0.2, 0) is 7.05 Å². The topological polar surface area (TPSA) is 120 Å². The Bertz CT molecular complexity index is 2730. The fourth-order valence-corrected chi connectivity index (χ4v) is 9.92. The minimum Gasteiger partial charge on any atom is -0.496 e. The molecule has 2 N–H and O–H groups in total. The Labute approximate surface area is 399 Å². The first-order valence-corrected chi connectivity index (χ1v) is 24.2. The number of benzene rings is 4. The van der Waals surface area contributed by atoms with Crippen molar-refractivity contribution in [2.75, 3.05) is 83.4 Å². The van der Waals surface area contributed by atoms with Crippen molar-refractivity contribution in [1.82, 2.24) is 35.2 Å². The van der Waals surface area contributed by atoms with E-state index in [4.69, 9.17) is 14.5 Å². The van der Waals surface area contributed by atoms with Crippen molar-refractivity contribution >= 4 is 34.5 Å². The molecule has 2 saturated heterocycles. The highest BCUT2D eigenvalue weighted by atomic mass is 32.1. The number of carbonyl (C=O) groups excluding carboxylic acids is 2. The van der Waals surface area contributed by atoms with Gasteiger partial charge in [-0.3, -0.25) is 14.3 Å². The molecule has 0 unspecified atom stereocenters. The van der Waals surface area contributed by atoms with E-state index in [2.05, 4.69) is 73.7 Å². The van der Waals surface area contributed by atoms with Crippen LogP contribution >= 0.6 is 11.3 Å². The molecule has 13 nitrogen and oxygen atoms in total. The first-order valence-electron chi connectivity index (χ1n) is 23.3. The first-order chi connectivity index (χ1) is 32.1. The quantitative estimate of drug-likeness (QED) is 0.110. The second-order valence-electron chi connectivity index (χ2n) is 18.5. The number of nitrogens with one attached hydrogen (secondary N) is 2. The standard InChI is InChI=1S/C53H65N9O4S/c1-33(2)66-49-16-13-38(25-46(49)40-30-55-60(9)32-40)36(5)57-52(64)45-29-42(62-23-19-59(8)20-24-62)28-44(35(45)4)50-31-54-53(67-50)47-26-39(12-15-48(47)65-10)37(6)56-51(63)43-27-41(14-11-34(43)3)61-21-17-58(7)18-22-61/h11-16,25-33,36-37H,17-24H2,1-10H3,(H,56,63)(H,57,64)/t36-,37-/m1/s1. The molecule has 4 aromatic carbocycles. The number of thiazole rings is 1. The lowest BCUT2D eigenvalue weighted by Gasteiger charge is -2.34. The Morgan fingerprint density at radius 2 is 1.24 bits per heavy atom. The van der Waals surface area contributed by atoms with E-state index in [1.165, 1.54) is 0 Å². The van der Waals surface area contributed by atoms with Crippen molar-refractivity contribution in [3.8, 4) is 43.6 Å². The molecule has 0 radical (unpaired) electrons. The van der Waals surface area contributed by atoms with Crippen molar-refractivity contribution < 1.29 is 19.1 Å². The van der Waals surface area contributed by atoms with Crippen LogP contribution in [0.3, 0.4) is 0 Å². The van der Waals surface area contributed by atoms with Crippen molar-refractivity contribution in [2.45, 2.75) is 59.7 Å². The smallest absolute Gasteiger partial charge is 0.252 e. The molecule has 2 amide bonds. The van der Waals surface area contributed by atoms with Crippen LogP contribution in [0.15, 0.2) is 85.3 Å². The number of amides is 2. The Kier molecular flexibility index (Phi) is 14.4. The fraction of sp³-hybridized carbons (Fsp3) is 0.396. The van der Waals surface area contributed by atoms with Gasteiger partial charge >= 0.3 is 0 Å². The lowest BCUT2D eigenvalue weighted by molar-refractivity contribution is 0.0931. The molecule has 6 aromatic rings. The summed E-state index contributed by atoms with van der Waals surface area (Å²) < 4.78 is 13.9. The highest BCUT2D eigenvalue weighted by Crippen LogP contribution is 2.41. The van der Waals surface area contributed by atoms with Crippen LogP contribution in [0.2, 0.25) is 0 Å². The van der Waals surface area contributed by atoms with Gasteiger partial charge in [0.2, 0.25) is 0 Å². The van der Waals surface area contributed by atoms with Gasteiger partial charge in [-0.2, -0.15) is 5.10 Å². The van der Waals surface area contributed by atoms with Gasteiger partial charge in [-0.25, -0.2) is 4.98 Å². The molecule has 352 valence electrons. The molecular formula is C53H65N9O4S. The van der Waals surface area contributed by atoms with Gasteiger partial charge in [0, 0.05) is 105 Å². The molecule has 2 aliphatic rings. The highest BCUT2D eigenvalue weighted by molar-refractivity contribution is 7.18. The zero-order valence-electron chi connectivity index (χ0n) is 40.6. The maximum absolute atomic E-state index is 14.5. The molecular weight excluding hydrogens is 859 g/mol. The molecule has 0 bridgehead atoms. The number of nitrogens with zero attached hydrogens (tertiary/aromatic N) is 7. The van der Waals surface area contributed by atoms with Gasteiger partial charge in [0.05, 0.1) is 41.9 Å². The number of carbonyl (C=O) groups is 2. The van der Waals surface area contributed by atoms with Gasteiger partial charge in [0.1, 0.15) is 16.5 Å². The Hall–Kier alpha value is -6.22. The third-order valence-corrected chi connectivity index (χ3v) is 14.2. The number of ether oxygens (including phenoxy) is 2. The van der Waals surface area contributed by atoms with Gasteiger partial charge in [0.25, 0.3) is 11.8 Å². The predicted octanol–water partition coefficient (Wildman–Crippen LogP) is 8.78. The van der Waals surface area contributed by atoms with Crippen LogP contribution in [0, 0.1) is 13.8 Å². The molecule has 67 heavy (non-hydrogen) atoms. The molecule has 0 aliphatic carbocycles. The summed E-state index contributed by atoms with van der Waals surface area (Å²) in [5.74, 6) is 1.20. The summed E-state index contributed by atoms with van der Waals surface area (Å²) in [6, 6.07) is 21.9. The minimum atomic E-state index is -0.302. The average molecular weight is 924 g/mol. The Morgan fingerprint density at radius 3 is 1.84 bits per heavy atom. The maximum atomic E-state index is 14.5. The van der Waals surface area contributed by atoms with E-state index >= 15 is 0 Å². The van der Waals surface area contributed by atoms with Crippen LogP contribution in [0.4, 0.5) is 11.4 Å². The molecule has 0 spiro atoms. The average Bonchev–Trinajstić information content (AvgIpc) is 3.99. The number of likely N-dealkylation sites (N-methyl/N-ethyl adjacent to an activating group) is 2. The number of aryl methyl sites for hydroxylation is 2. The number of rotatable bonds is 14. The number of piperazine rings is 2. The summed E-state index contributed by atoms with van der Waals surface area (Å²) in [4.78, 5) is 43.7. The van der Waals surface area contributed by atoms with Crippen molar-refractivity contribution in [2.24, 2.45) is 7.05 Å². The number of aromatic nitrogens is 3. The fourth-order valence-electron chi connectivity index (χ4n) is 8.91. The summed E-state index contributed by atoms with van der Waals surface area (Å²) in [5, 5.41) is 11.8. The van der Waals surface area contributed by atoms with Gasteiger partial charge < -0.3 is 39.7 Å². The van der Waals surface area contributed by atoms with Crippen molar-refractivity contribution in [3.05, 3.63) is 119 Å². The van der Waals surface area contributed by atoms with E-state index in [1.807, 2.05) is 110 Å². The molecule has 2 aliphatic heterocycles. The summed E-state index contributed by atoms with van der Waals surface area (Å²) in [5.41, 5.74) is 10.7. The van der Waals surface area contributed by atoms with Gasteiger partial charge in [0.15, 0.2) is 0 Å².